The van der Waals surface area contributed by atoms with Gasteiger partial charge in [-0.2, -0.15) is 15.0 Å². The smallest absolute Gasteiger partial charge is 0.351 e. The number of hydrogen-bond acceptors (Lipinski definition) is 13. The van der Waals surface area contributed by atoms with Gasteiger partial charge < -0.3 is 34.8 Å². The lowest BCUT2D eigenvalue weighted by atomic mass is 10.1. The van der Waals surface area contributed by atoms with Crippen molar-refractivity contribution in [2.75, 3.05) is 29.9 Å². The van der Waals surface area contributed by atoms with Crippen molar-refractivity contribution < 1.29 is 20.1 Å². The molecule has 0 spiro atoms. The number of nitrogens with one attached hydrogen (secondary N) is 1. The maximum absolute atomic E-state index is 12.9. The molecule has 6 heterocycles. The third-order valence-electron chi connectivity index (χ3n) is 7.36. The standard InChI is InChI=1S/C26H27N9O5S/c36-12-15-20(37)21(38)24(40-15)35-10-7-17(30-26(35)39)29-25-31-22(33-8-3-4-9-33)19-23(32-25)34(13-27-19)11-18-28-14-5-1-2-6-16(14)41-18/h1-2,5-7,10,13,15,20-21,24,36-38H,3-4,8-9,11-12H2,(H,29,30,31,32,39)/t15-,20-,21-,24?/m1/s1. The summed E-state index contributed by atoms with van der Waals surface area (Å²) in [5.74, 6) is 1.16. The highest BCUT2D eigenvalue weighted by atomic mass is 32.1. The Morgan fingerprint density at radius 3 is 2.63 bits per heavy atom. The van der Waals surface area contributed by atoms with E-state index in [1.54, 1.807) is 17.7 Å². The molecule has 14 nitrogen and oxygen atoms in total. The second-order valence-corrected chi connectivity index (χ2v) is 11.2. The number of aliphatic hydroxyl groups is 3. The molecule has 2 aliphatic heterocycles. The quantitative estimate of drug-likeness (QED) is 0.216. The minimum absolute atomic E-state index is 0.196. The van der Waals surface area contributed by atoms with Crippen LogP contribution in [0.2, 0.25) is 0 Å². The fraction of sp³-hybridized carbons (Fsp3) is 0.385. The van der Waals surface area contributed by atoms with Gasteiger partial charge in [0.2, 0.25) is 5.95 Å². The maximum atomic E-state index is 12.9. The Hall–Kier alpha value is -4.02. The van der Waals surface area contributed by atoms with Gasteiger partial charge in [-0.3, -0.25) is 4.57 Å². The highest BCUT2D eigenvalue weighted by molar-refractivity contribution is 7.18. The van der Waals surface area contributed by atoms with Crippen molar-refractivity contribution in [1.82, 2.24) is 34.1 Å². The number of fused-ring (bicyclic) bond motifs is 2. The van der Waals surface area contributed by atoms with E-state index < -0.39 is 36.8 Å². The normalized spacial score (nSPS) is 22.8. The van der Waals surface area contributed by atoms with Gasteiger partial charge in [-0.15, -0.1) is 11.3 Å². The molecule has 0 saturated carbocycles. The van der Waals surface area contributed by atoms with Crippen LogP contribution in [0.1, 0.15) is 24.1 Å². The van der Waals surface area contributed by atoms with E-state index in [9.17, 15) is 20.1 Å². The van der Waals surface area contributed by atoms with Gasteiger partial charge in [-0.1, -0.05) is 12.1 Å². The molecule has 0 bridgehead atoms. The number of rotatable bonds is 7. The van der Waals surface area contributed by atoms with E-state index in [0.717, 1.165) is 45.7 Å². The number of para-hydroxylation sites is 1. The second-order valence-electron chi connectivity index (χ2n) is 10.0. The lowest BCUT2D eigenvalue weighted by molar-refractivity contribution is -0.0549. The summed E-state index contributed by atoms with van der Waals surface area (Å²) in [6, 6.07) is 9.53. The van der Waals surface area contributed by atoms with Crippen molar-refractivity contribution >= 4 is 50.3 Å². The zero-order valence-corrected chi connectivity index (χ0v) is 22.6. The van der Waals surface area contributed by atoms with E-state index >= 15 is 0 Å². The number of imidazole rings is 1. The Morgan fingerprint density at radius 2 is 1.88 bits per heavy atom. The van der Waals surface area contributed by atoms with Crippen molar-refractivity contribution in [1.29, 1.82) is 0 Å². The molecule has 2 fully saturated rings. The molecule has 15 heteroatoms. The Kier molecular flexibility index (Phi) is 6.59. The van der Waals surface area contributed by atoms with Crippen molar-refractivity contribution in [3.63, 3.8) is 0 Å². The first-order valence-electron chi connectivity index (χ1n) is 13.3. The number of ether oxygens (including phenoxy) is 1. The number of thiazole rings is 1. The summed E-state index contributed by atoms with van der Waals surface area (Å²) in [6.45, 7) is 1.71. The molecule has 0 aliphatic carbocycles. The van der Waals surface area contributed by atoms with Crippen LogP contribution in [-0.2, 0) is 11.3 Å². The van der Waals surface area contributed by atoms with E-state index in [-0.39, 0.29) is 11.8 Å². The Labute approximate surface area is 236 Å². The largest absolute Gasteiger partial charge is 0.394 e. The number of nitrogens with zero attached hydrogens (tertiary/aromatic N) is 8. The summed E-state index contributed by atoms with van der Waals surface area (Å²) in [5, 5.41) is 33.7. The van der Waals surface area contributed by atoms with Crippen LogP contribution in [0.25, 0.3) is 21.4 Å². The van der Waals surface area contributed by atoms with Crippen molar-refractivity contribution in [2.45, 2.75) is 43.9 Å². The van der Waals surface area contributed by atoms with E-state index in [1.165, 1.54) is 12.3 Å². The van der Waals surface area contributed by atoms with Gasteiger partial charge in [0.1, 0.15) is 29.1 Å². The predicted molar refractivity (Wildman–Crippen MR) is 150 cm³/mol. The van der Waals surface area contributed by atoms with Gasteiger partial charge in [-0.05, 0) is 31.0 Å². The fourth-order valence-electron chi connectivity index (χ4n) is 5.28. The molecule has 0 radical (unpaired) electrons. The maximum Gasteiger partial charge on any atom is 0.351 e. The highest BCUT2D eigenvalue weighted by Crippen LogP contribution is 2.30. The zero-order chi connectivity index (χ0) is 28.1. The summed E-state index contributed by atoms with van der Waals surface area (Å²) in [7, 11) is 0. The summed E-state index contributed by atoms with van der Waals surface area (Å²) < 4.78 is 9.58. The van der Waals surface area contributed by atoms with Crippen molar-refractivity contribution in [2.24, 2.45) is 0 Å². The number of aliphatic hydroxyl groups excluding tert-OH is 3. The minimum atomic E-state index is -1.39. The zero-order valence-electron chi connectivity index (χ0n) is 21.7. The van der Waals surface area contributed by atoms with Gasteiger partial charge in [0, 0.05) is 19.3 Å². The van der Waals surface area contributed by atoms with E-state index in [1.807, 2.05) is 28.8 Å². The third-order valence-corrected chi connectivity index (χ3v) is 8.38. The fourth-order valence-corrected chi connectivity index (χ4v) is 6.25. The van der Waals surface area contributed by atoms with Crippen molar-refractivity contribution in [3.8, 4) is 0 Å². The molecule has 212 valence electrons. The van der Waals surface area contributed by atoms with E-state index in [2.05, 4.69) is 20.2 Å². The molecular weight excluding hydrogens is 550 g/mol. The molecule has 7 rings (SSSR count). The number of hydrogen-bond donors (Lipinski definition) is 4. The van der Waals surface area contributed by atoms with Gasteiger partial charge in [0.05, 0.1) is 29.7 Å². The number of benzene rings is 1. The van der Waals surface area contributed by atoms with Crippen LogP contribution >= 0.6 is 11.3 Å². The van der Waals surface area contributed by atoms with Crippen LogP contribution in [0.3, 0.4) is 0 Å². The Bertz CT molecular complexity index is 1750. The second kappa shape index (κ2) is 10.4. The molecule has 41 heavy (non-hydrogen) atoms. The first kappa shape index (κ1) is 25.9. The highest BCUT2D eigenvalue weighted by Gasteiger charge is 2.43. The summed E-state index contributed by atoms with van der Waals surface area (Å²) in [5.41, 5.74) is 1.55. The summed E-state index contributed by atoms with van der Waals surface area (Å²) in [4.78, 5) is 38.0. The Morgan fingerprint density at radius 1 is 1.05 bits per heavy atom. The molecule has 2 aliphatic rings. The Balaban J connectivity index is 1.21. The average molecular weight is 578 g/mol. The lowest BCUT2D eigenvalue weighted by Crippen LogP contribution is -2.36. The van der Waals surface area contributed by atoms with Crippen LogP contribution in [0.5, 0.6) is 0 Å². The number of anilines is 3. The molecule has 4 aromatic heterocycles. The topological polar surface area (TPSA) is 177 Å². The molecular formula is C26H27N9O5S. The first-order chi connectivity index (χ1) is 20.0. The minimum Gasteiger partial charge on any atom is -0.394 e. The van der Waals surface area contributed by atoms with Gasteiger partial charge in [-0.25, -0.2) is 14.8 Å². The summed E-state index contributed by atoms with van der Waals surface area (Å²) >= 11 is 1.62. The van der Waals surface area contributed by atoms with E-state index in [4.69, 9.17) is 19.7 Å². The lowest BCUT2D eigenvalue weighted by Gasteiger charge is -2.18. The molecule has 4 N–H and O–H groups in total. The van der Waals surface area contributed by atoms with Crippen LogP contribution < -0.4 is 15.9 Å². The first-order valence-corrected chi connectivity index (χ1v) is 14.1. The van der Waals surface area contributed by atoms with Crippen molar-refractivity contribution in [3.05, 3.63) is 58.3 Å². The third kappa shape index (κ3) is 4.70. The van der Waals surface area contributed by atoms with Crippen LogP contribution in [0.15, 0.2) is 47.7 Å². The molecule has 5 aromatic rings. The average Bonchev–Trinajstić information content (AvgIpc) is 3.77. The van der Waals surface area contributed by atoms with Gasteiger partial charge in [0.25, 0.3) is 0 Å². The van der Waals surface area contributed by atoms with Gasteiger partial charge >= 0.3 is 5.69 Å². The van der Waals surface area contributed by atoms with E-state index in [0.29, 0.717) is 23.5 Å². The van der Waals surface area contributed by atoms with Gasteiger partial charge in [0.15, 0.2) is 23.2 Å². The molecule has 1 unspecified atom stereocenters. The molecule has 2 saturated heterocycles. The molecule has 1 aromatic carbocycles. The van der Waals surface area contributed by atoms with Crippen LogP contribution in [0.4, 0.5) is 17.6 Å². The SMILES string of the molecule is O=c1nc(Nc2nc(N3CCCC3)c3ncn(Cc4nc5ccccc5s4)c3n2)ccn1C1O[C@H](CO)[C@@H](O)[C@H]1O. The monoisotopic (exact) mass is 577 g/mol. The van der Waals surface area contributed by atoms with Crippen LogP contribution in [-0.4, -0.2) is 87.4 Å². The van der Waals surface area contributed by atoms with Crippen LogP contribution in [0, 0.1) is 0 Å². The molecule has 4 atom stereocenters. The number of aromatic nitrogens is 7. The summed E-state index contributed by atoms with van der Waals surface area (Å²) in [6.07, 6.45) is 0.355. The molecule has 0 amide bonds. The predicted octanol–water partition coefficient (Wildman–Crippen LogP) is 0.996.